The second-order valence-corrected chi connectivity index (χ2v) is 7.21. The van der Waals surface area contributed by atoms with Crippen LogP contribution >= 0.6 is 12.2 Å². The highest BCUT2D eigenvalue weighted by Gasteiger charge is 2.20. The van der Waals surface area contributed by atoms with Crippen LogP contribution in [0.1, 0.15) is 32.3 Å². The molecule has 0 spiro atoms. The molecule has 1 fully saturated rings. The van der Waals surface area contributed by atoms with Crippen molar-refractivity contribution in [2.24, 2.45) is 11.8 Å². The van der Waals surface area contributed by atoms with E-state index in [0.29, 0.717) is 5.11 Å². The highest BCUT2D eigenvalue weighted by molar-refractivity contribution is 7.80. The Balaban J connectivity index is 1.62. The molecule has 1 aromatic rings. The molecule has 0 radical (unpaired) electrons. The summed E-state index contributed by atoms with van der Waals surface area (Å²) in [6.07, 6.45) is 2.51. The Kier molecular flexibility index (Phi) is 6.65. The number of benzene rings is 1. The zero-order valence-electron chi connectivity index (χ0n) is 14.1. The van der Waals surface area contributed by atoms with Gasteiger partial charge in [-0.3, -0.25) is 0 Å². The summed E-state index contributed by atoms with van der Waals surface area (Å²) in [4.78, 5) is 2.59. The van der Waals surface area contributed by atoms with Crippen LogP contribution < -0.4 is 10.6 Å². The van der Waals surface area contributed by atoms with Gasteiger partial charge in [-0.2, -0.15) is 0 Å². The van der Waals surface area contributed by atoms with E-state index in [0.717, 1.165) is 37.0 Å². The lowest BCUT2D eigenvalue weighted by Crippen LogP contribution is -2.40. The van der Waals surface area contributed by atoms with Crippen molar-refractivity contribution in [3.63, 3.8) is 0 Å². The van der Waals surface area contributed by atoms with Crippen LogP contribution in [0.3, 0.4) is 0 Å². The van der Waals surface area contributed by atoms with Crippen LogP contribution in [0.2, 0.25) is 0 Å². The molecule has 122 valence electrons. The molecule has 0 aliphatic carbocycles. The summed E-state index contributed by atoms with van der Waals surface area (Å²) in [7, 11) is 0. The van der Waals surface area contributed by atoms with E-state index < -0.39 is 0 Å². The molecule has 2 rings (SSSR count). The Morgan fingerprint density at radius 2 is 1.82 bits per heavy atom. The Hall–Kier alpha value is -1.13. The second kappa shape index (κ2) is 8.49. The zero-order valence-corrected chi connectivity index (χ0v) is 14.9. The van der Waals surface area contributed by atoms with Crippen molar-refractivity contribution in [3.8, 4) is 0 Å². The highest BCUT2D eigenvalue weighted by Crippen LogP contribution is 2.20. The van der Waals surface area contributed by atoms with Gasteiger partial charge in [-0.15, -0.1) is 0 Å². The van der Waals surface area contributed by atoms with Crippen LogP contribution in [0.15, 0.2) is 24.3 Å². The van der Waals surface area contributed by atoms with Crippen molar-refractivity contribution in [2.45, 2.75) is 33.6 Å². The molecule has 4 heteroatoms. The molecule has 1 aliphatic heterocycles. The van der Waals surface area contributed by atoms with Crippen LogP contribution in [0.25, 0.3) is 0 Å². The largest absolute Gasteiger partial charge is 0.362 e. The molecule has 1 heterocycles. The van der Waals surface area contributed by atoms with Crippen LogP contribution in [0.4, 0.5) is 5.69 Å². The number of nitrogens with zero attached hydrogens (tertiary/aromatic N) is 1. The second-order valence-electron chi connectivity index (χ2n) is 6.81. The van der Waals surface area contributed by atoms with Crippen LogP contribution in [0.5, 0.6) is 0 Å². The molecule has 0 bridgehead atoms. The van der Waals surface area contributed by atoms with Gasteiger partial charge in [-0.1, -0.05) is 31.5 Å². The third kappa shape index (κ3) is 5.93. The number of anilines is 1. The predicted molar refractivity (Wildman–Crippen MR) is 99.4 cm³/mol. The Bertz CT molecular complexity index is 462. The van der Waals surface area contributed by atoms with E-state index >= 15 is 0 Å². The van der Waals surface area contributed by atoms with Gasteiger partial charge in [-0.25, -0.2) is 0 Å². The number of nitrogens with one attached hydrogen (secondary N) is 2. The van der Waals surface area contributed by atoms with Crippen molar-refractivity contribution in [1.82, 2.24) is 10.2 Å². The molecule has 3 nitrogen and oxygen atoms in total. The maximum atomic E-state index is 5.34. The van der Waals surface area contributed by atoms with Gasteiger partial charge in [0.15, 0.2) is 5.11 Å². The first kappa shape index (κ1) is 17.2. The number of aryl methyl sites for hydroxylation is 1. The van der Waals surface area contributed by atoms with Crippen LogP contribution in [0, 0.1) is 18.8 Å². The fourth-order valence-electron chi connectivity index (χ4n) is 3.29. The van der Waals surface area contributed by atoms with Crippen LogP contribution in [-0.2, 0) is 0 Å². The summed E-state index contributed by atoms with van der Waals surface area (Å²) in [5.41, 5.74) is 2.30. The standard InChI is InChI=1S/C18H29N3S/c1-14-5-7-17(8-6-14)20-18(22)19-9-4-10-21-12-15(2)11-16(3)13-21/h5-8,15-16H,4,9-13H2,1-3H3,(H2,19,20,22)/t15-,16-/m1/s1. The first-order chi connectivity index (χ1) is 10.5. The number of likely N-dealkylation sites (tertiary alicyclic amines) is 1. The van der Waals surface area contributed by atoms with Crippen molar-refractivity contribution < 1.29 is 0 Å². The number of rotatable bonds is 5. The van der Waals surface area contributed by atoms with Crippen molar-refractivity contribution in [2.75, 3.05) is 31.5 Å². The van der Waals surface area contributed by atoms with Gasteiger partial charge >= 0.3 is 0 Å². The molecule has 0 aromatic heterocycles. The molecular formula is C18H29N3S. The fourth-order valence-corrected chi connectivity index (χ4v) is 3.51. The maximum Gasteiger partial charge on any atom is 0.170 e. The summed E-state index contributed by atoms with van der Waals surface area (Å²) in [5, 5.41) is 7.24. The smallest absolute Gasteiger partial charge is 0.170 e. The topological polar surface area (TPSA) is 27.3 Å². The van der Waals surface area contributed by atoms with E-state index in [1.165, 1.54) is 25.1 Å². The van der Waals surface area contributed by atoms with Crippen molar-refractivity contribution >= 4 is 23.0 Å². The van der Waals surface area contributed by atoms with E-state index in [4.69, 9.17) is 12.2 Å². The monoisotopic (exact) mass is 319 g/mol. The summed E-state index contributed by atoms with van der Waals surface area (Å²) < 4.78 is 0. The predicted octanol–water partition coefficient (Wildman–Crippen LogP) is 3.65. The first-order valence-electron chi connectivity index (χ1n) is 8.37. The van der Waals surface area contributed by atoms with E-state index in [9.17, 15) is 0 Å². The average Bonchev–Trinajstić information content (AvgIpc) is 2.45. The number of hydrogen-bond donors (Lipinski definition) is 2. The Morgan fingerprint density at radius 1 is 1.18 bits per heavy atom. The number of hydrogen-bond acceptors (Lipinski definition) is 2. The summed E-state index contributed by atoms with van der Waals surface area (Å²) in [6, 6.07) is 8.28. The zero-order chi connectivity index (χ0) is 15.9. The highest BCUT2D eigenvalue weighted by atomic mass is 32.1. The molecule has 0 amide bonds. The van der Waals surface area contributed by atoms with E-state index in [-0.39, 0.29) is 0 Å². The number of piperidine rings is 1. The Labute approximate surface area is 140 Å². The van der Waals surface area contributed by atoms with E-state index in [2.05, 4.69) is 60.6 Å². The van der Waals surface area contributed by atoms with Gasteiger partial charge in [-0.05, 0) is 62.5 Å². The Morgan fingerprint density at radius 3 is 2.45 bits per heavy atom. The first-order valence-corrected chi connectivity index (χ1v) is 8.77. The summed E-state index contributed by atoms with van der Waals surface area (Å²) in [6.45, 7) is 11.4. The van der Waals surface area contributed by atoms with Crippen molar-refractivity contribution in [1.29, 1.82) is 0 Å². The molecule has 0 unspecified atom stereocenters. The van der Waals surface area contributed by atoms with Gasteiger partial charge in [0.2, 0.25) is 0 Å². The molecule has 1 saturated heterocycles. The minimum absolute atomic E-state index is 0.712. The lowest BCUT2D eigenvalue weighted by Gasteiger charge is -2.34. The molecule has 2 atom stereocenters. The molecular weight excluding hydrogens is 290 g/mol. The van der Waals surface area contributed by atoms with Gasteiger partial charge in [0, 0.05) is 25.3 Å². The minimum atomic E-state index is 0.712. The normalized spacial score (nSPS) is 22.3. The molecule has 22 heavy (non-hydrogen) atoms. The maximum absolute atomic E-state index is 5.34. The molecule has 1 aliphatic rings. The van der Waals surface area contributed by atoms with E-state index in [1.807, 2.05) is 0 Å². The fraction of sp³-hybridized carbons (Fsp3) is 0.611. The van der Waals surface area contributed by atoms with Crippen LogP contribution in [-0.4, -0.2) is 36.2 Å². The van der Waals surface area contributed by atoms with Gasteiger partial charge < -0.3 is 15.5 Å². The molecule has 0 saturated carbocycles. The lowest BCUT2D eigenvalue weighted by molar-refractivity contribution is 0.140. The van der Waals surface area contributed by atoms with Gasteiger partial charge in [0.25, 0.3) is 0 Å². The average molecular weight is 320 g/mol. The van der Waals surface area contributed by atoms with Crippen molar-refractivity contribution in [3.05, 3.63) is 29.8 Å². The third-order valence-corrected chi connectivity index (χ3v) is 4.44. The summed E-state index contributed by atoms with van der Waals surface area (Å²) in [5.74, 6) is 1.67. The van der Waals surface area contributed by atoms with E-state index in [1.54, 1.807) is 0 Å². The molecule has 1 aromatic carbocycles. The number of thiocarbonyl (C=S) groups is 1. The lowest BCUT2D eigenvalue weighted by atomic mass is 9.92. The SMILES string of the molecule is Cc1ccc(NC(=S)NCCCN2C[C@H](C)C[C@@H](C)C2)cc1. The molecule has 2 N–H and O–H groups in total. The quantitative estimate of drug-likeness (QED) is 0.640. The minimum Gasteiger partial charge on any atom is -0.362 e. The van der Waals surface area contributed by atoms with Gasteiger partial charge in [0.1, 0.15) is 0 Å². The third-order valence-electron chi connectivity index (χ3n) is 4.19. The van der Waals surface area contributed by atoms with Gasteiger partial charge in [0.05, 0.1) is 0 Å². The summed E-state index contributed by atoms with van der Waals surface area (Å²) >= 11 is 5.34.